The van der Waals surface area contributed by atoms with Crippen molar-refractivity contribution in [2.45, 2.75) is 19.8 Å². The van der Waals surface area contributed by atoms with Gasteiger partial charge in [0.2, 0.25) is 11.8 Å². The van der Waals surface area contributed by atoms with Gasteiger partial charge in [-0.15, -0.1) is 0 Å². The normalized spacial score (nSPS) is 13.3. The summed E-state index contributed by atoms with van der Waals surface area (Å²) in [6, 6.07) is 12.6. The maximum atomic E-state index is 12.4. The number of nitrogens with one attached hydrogen (secondary N) is 2. The van der Waals surface area contributed by atoms with Gasteiger partial charge in [-0.2, -0.15) is 0 Å². The average Bonchev–Trinajstić information content (AvgIpc) is 3.12. The van der Waals surface area contributed by atoms with Crippen molar-refractivity contribution < 1.29 is 14.4 Å². The molecule has 0 saturated carbocycles. The first-order chi connectivity index (χ1) is 13.9. The van der Waals surface area contributed by atoms with Crippen molar-refractivity contribution in [1.29, 1.82) is 0 Å². The molecule has 0 spiro atoms. The molecule has 0 radical (unpaired) electrons. The van der Waals surface area contributed by atoms with Gasteiger partial charge in [-0.25, -0.2) is 0 Å². The molecule has 152 valence electrons. The van der Waals surface area contributed by atoms with Crippen LogP contribution in [0.2, 0.25) is 0 Å². The number of anilines is 3. The average molecular weight is 394 g/mol. The maximum Gasteiger partial charge on any atom is 0.253 e. The molecule has 1 fully saturated rings. The van der Waals surface area contributed by atoms with Gasteiger partial charge in [0.05, 0.1) is 6.54 Å². The largest absolute Gasteiger partial charge is 0.376 e. The van der Waals surface area contributed by atoms with Crippen LogP contribution in [0.15, 0.2) is 42.5 Å². The SMILES string of the molecule is Cc1c(NCC(=O)Nc2cccc(C(=O)N(C)C)c2)cccc1N1CCCC1=O. The van der Waals surface area contributed by atoms with E-state index in [1.165, 1.54) is 4.90 Å². The summed E-state index contributed by atoms with van der Waals surface area (Å²) in [6.45, 7) is 2.74. The molecule has 7 nitrogen and oxygen atoms in total. The molecule has 1 saturated heterocycles. The highest BCUT2D eigenvalue weighted by molar-refractivity contribution is 5.99. The zero-order valence-electron chi connectivity index (χ0n) is 17.0. The van der Waals surface area contributed by atoms with Crippen molar-refractivity contribution in [2.24, 2.45) is 0 Å². The molecule has 29 heavy (non-hydrogen) atoms. The molecule has 0 atom stereocenters. The minimum Gasteiger partial charge on any atom is -0.376 e. The molecular formula is C22H26N4O3. The van der Waals surface area contributed by atoms with Gasteiger partial charge >= 0.3 is 0 Å². The fourth-order valence-electron chi connectivity index (χ4n) is 3.38. The molecule has 3 amide bonds. The van der Waals surface area contributed by atoms with E-state index in [9.17, 15) is 14.4 Å². The summed E-state index contributed by atoms with van der Waals surface area (Å²) in [5, 5.41) is 5.95. The lowest BCUT2D eigenvalue weighted by Gasteiger charge is -2.20. The second-order valence-electron chi connectivity index (χ2n) is 7.28. The first-order valence-electron chi connectivity index (χ1n) is 9.62. The van der Waals surface area contributed by atoms with Crippen LogP contribution in [0.3, 0.4) is 0 Å². The Kier molecular flexibility index (Phi) is 6.16. The predicted octanol–water partition coefficient (Wildman–Crippen LogP) is 2.87. The Morgan fingerprint density at radius 2 is 1.90 bits per heavy atom. The van der Waals surface area contributed by atoms with E-state index in [1.54, 1.807) is 43.3 Å². The van der Waals surface area contributed by atoms with Crippen molar-refractivity contribution in [1.82, 2.24) is 4.90 Å². The fraction of sp³-hybridized carbons (Fsp3) is 0.318. The number of benzene rings is 2. The zero-order valence-corrected chi connectivity index (χ0v) is 17.0. The highest BCUT2D eigenvalue weighted by Gasteiger charge is 2.23. The number of nitrogens with zero attached hydrogens (tertiary/aromatic N) is 2. The Bertz CT molecular complexity index is 939. The summed E-state index contributed by atoms with van der Waals surface area (Å²) in [5.74, 6) is -0.209. The number of hydrogen-bond acceptors (Lipinski definition) is 4. The van der Waals surface area contributed by atoms with Crippen molar-refractivity contribution >= 4 is 34.8 Å². The lowest BCUT2D eigenvalue weighted by atomic mass is 10.1. The Labute approximate surface area is 170 Å². The Hall–Kier alpha value is -3.35. The standard InChI is InChI=1S/C22H26N4O3/c1-15-18(9-5-10-19(15)26-12-6-11-21(26)28)23-14-20(27)24-17-8-4-7-16(13-17)22(29)25(2)3/h4-5,7-10,13,23H,6,11-12,14H2,1-3H3,(H,24,27). The summed E-state index contributed by atoms with van der Waals surface area (Å²) in [4.78, 5) is 39.8. The van der Waals surface area contributed by atoms with E-state index in [4.69, 9.17) is 0 Å². The van der Waals surface area contributed by atoms with Crippen LogP contribution in [0.4, 0.5) is 17.1 Å². The first kappa shape index (κ1) is 20.4. The molecule has 1 heterocycles. The molecule has 0 unspecified atom stereocenters. The molecule has 3 rings (SSSR count). The van der Waals surface area contributed by atoms with E-state index in [2.05, 4.69) is 10.6 Å². The van der Waals surface area contributed by atoms with E-state index in [0.717, 1.165) is 29.9 Å². The lowest BCUT2D eigenvalue weighted by molar-refractivity contribution is -0.117. The second-order valence-corrected chi connectivity index (χ2v) is 7.28. The molecule has 2 aromatic carbocycles. The third-order valence-corrected chi connectivity index (χ3v) is 4.91. The minimum absolute atomic E-state index is 0.0735. The van der Waals surface area contributed by atoms with Gasteiger partial charge in [-0.05, 0) is 49.2 Å². The number of hydrogen-bond donors (Lipinski definition) is 2. The monoisotopic (exact) mass is 394 g/mol. The number of carbonyl (C=O) groups excluding carboxylic acids is 3. The Balaban J connectivity index is 1.64. The van der Waals surface area contributed by atoms with Crippen LogP contribution < -0.4 is 15.5 Å². The highest BCUT2D eigenvalue weighted by atomic mass is 16.2. The number of rotatable bonds is 6. The van der Waals surface area contributed by atoms with Gasteiger partial charge in [-0.1, -0.05) is 12.1 Å². The van der Waals surface area contributed by atoms with E-state index >= 15 is 0 Å². The predicted molar refractivity (Wildman–Crippen MR) is 114 cm³/mol. The van der Waals surface area contributed by atoms with E-state index in [1.807, 2.05) is 25.1 Å². The van der Waals surface area contributed by atoms with E-state index in [0.29, 0.717) is 17.7 Å². The molecule has 2 aromatic rings. The molecule has 1 aliphatic rings. The molecule has 7 heteroatoms. The van der Waals surface area contributed by atoms with Crippen LogP contribution in [0.5, 0.6) is 0 Å². The van der Waals surface area contributed by atoms with E-state index < -0.39 is 0 Å². The molecule has 1 aliphatic heterocycles. The number of carbonyl (C=O) groups is 3. The second kappa shape index (κ2) is 8.77. The smallest absolute Gasteiger partial charge is 0.253 e. The Morgan fingerprint density at radius 3 is 2.59 bits per heavy atom. The summed E-state index contributed by atoms with van der Waals surface area (Å²) in [6.07, 6.45) is 1.45. The molecule has 0 aliphatic carbocycles. The van der Waals surface area contributed by atoms with Crippen molar-refractivity contribution in [3.8, 4) is 0 Å². The maximum absolute atomic E-state index is 12.4. The topological polar surface area (TPSA) is 81.8 Å². The summed E-state index contributed by atoms with van der Waals surface area (Å²) in [5.41, 5.74) is 3.72. The van der Waals surface area contributed by atoms with Gasteiger partial charge in [-0.3, -0.25) is 14.4 Å². The third kappa shape index (κ3) is 4.74. The van der Waals surface area contributed by atoms with Crippen LogP contribution in [-0.4, -0.2) is 49.8 Å². The zero-order chi connectivity index (χ0) is 21.0. The first-order valence-corrected chi connectivity index (χ1v) is 9.62. The van der Waals surface area contributed by atoms with Crippen LogP contribution in [0.1, 0.15) is 28.8 Å². The van der Waals surface area contributed by atoms with Gasteiger partial charge in [0, 0.05) is 49.7 Å². The summed E-state index contributed by atoms with van der Waals surface area (Å²) < 4.78 is 0. The summed E-state index contributed by atoms with van der Waals surface area (Å²) >= 11 is 0. The lowest BCUT2D eigenvalue weighted by Crippen LogP contribution is -2.26. The van der Waals surface area contributed by atoms with Gasteiger partial charge in [0.25, 0.3) is 5.91 Å². The van der Waals surface area contributed by atoms with Crippen molar-refractivity contribution in [2.75, 3.05) is 42.7 Å². The van der Waals surface area contributed by atoms with Gasteiger partial charge < -0.3 is 20.4 Å². The van der Waals surface area contributed by atoms with Crippen molar-refractivity contribution in [3.05, 3.63) is 53.6 Å². The Morgan fingerprint density at radius 1 is 1.14 bits per heavy atom. The highest BCUT2D eigenvalue weighted by Crippen LogP contribution is 2.29. The molecular weight excluding hydrogens is 368 g/mol. The fourth-order valence-corrected chi connectivity index (χ4v) is 3.38. The van der Waals surface area contributed by atoms with Crippen molar-refractivity contribution in [3.63, 3.8) is 0 Å². The van der Waals surface area contributed by atoms with Crippen LogP contribution >= 0.6 is 0 Å². The van der Waals surface area contributed by atoms with Gasteiger partial charge in [0.1, 0.15) is 0 Å². The number of amides is 3. The summed E-state index contributed by atoms with van der Waals surface area (Å²) in [7, 11) is 3.37. The van der Waals surface area contributed by atoms with Crippen LogP contribution in [-0.2, 0) is 9.59 Å². The third-order valence-electron chi connectivity index (χ3n) is 4.91. The van der Waals surface area contributed by atoms with Gasteiger partial charge in [0.15, 0.2) is 0 Å². The molecule has 0 aromatic heterocycles. The minimum atomic E-state index is -0.221. The molecule has 2 N–H and O–H groups in total. The van der Waals surface area contributed by atoms with Crippen LogP contribution in [0.25, 0.3) is 0 Å². The van der Waals surface area contributed by atoms with E-state index in [-0.39, 0.29) is 24.3 Å². The molecule has 0 bridgehead atoms. The van der Waals surface area contributed by atoms with Crippen LogP contribution in [0, 0.1) is 6.92 Å². The quantitative estimate of drug-likeness (QED) is 0.789.